The predicted octanol–water partition coefficient (Wildman–Crippen LogP) is 3.48. The molecule has 90 valence electrons. The van der Waals surface area contributed by atoms with Gasteiger partial charge in [0.2, 0.25) is 0 Å². The van der Waals surface area contributed by atoms with Crippen LogP contribution in [0.3, 0.4) is 0 Å². The van der Waals surface area contributed by atoms with Crippen molar-refractivity contribution >= 4 is 11.3 Å². The van der Waals surface area contributed by atoms with Crippen molar-refractivity contribution in [1.29, 1.82) is 0 Å². The molecule has 0 bridgehead atoms. The van der Waals surface area contributed by atoms with Gasteiger partial charge in [-0.1, -0.05) is 6.07 Å². The second kappa shape index (κ2) is 4.55. The lowest BCUT2D eigenvalue weighted by atomic mass is 9.92. The maximum Gasteiger partial charge on any atom is 0.126 e. The van der Waals surface area contributed by atoms with E-state index in [1.165, 1.54) is 11.3 Å². The average Bonchev–Trinajstić information content (AvgIpc) is 2.68. The Balaban J connectivity index is 2.30. The molecule has 0 radical (unpaired) electrons. The Bertz CT molecular complexity index is 486. The topological polar surface area (TPSA) is 20.2 Å². The minimum Gasteiger partial charge on any atom is -0.385 e. The molecule has 17 heavy (non-hydrogen) atoms. The second-order valence-corrected chi connectivity index (χ2v) is 5.22. The zero-order valence-corrected chi connectivity index (χ0v) is 10.1. The molecule has 1 aromatic heterocycles. The molecular formula is C13H12F2OS. The van der Waals surface area contributed by atoms with Gasteiger partial charge in [-0.2, -0.15) is 0 Å². The molecule has 1 N–H and O–H groups in total. The third-order valence-corrected chi connectivity index (χ3v) is 3.46. The summed E-state index contributed by atoms with van der Waals surface area (Å²) in [4.78, 5) is 0.972. The van der Waals surface area contributed by atoms with Gasteiger partial charge in [0.25, 0.3) is 0 Å². The van der Waals surface area contributed by atoms with Crippen molar-refractivity contribution in [3.63, 3.8) is 0 Å². The van der Waals surface area contributed by atoms with Gasteiger partial charge in [-0.15, -0.1) is 11.3 Å². The van der Waals surface area contributed by atoms with Crippen molar-refractivity contribution in [2.75, 3.05) is 0 Å². The summed E-state index contributed by atoms with van der Waals surface area (Å²) < 4.78 is 26.2. The predicted molar refractivity (Wildman–Crippen MR) is 64.0 cm³/mol. The second-order valence-electron chi connectivity index (χ2n) is 4.19. The van der Waals surface area contributed by atoms with Crippen LogP contribution in [0.1, 0.15) is 17.4 Å². The molecule has 0 aliphatic heterocycles. The van der Waals surface area contributed by atoms with E-state index in [0.717, 1.165) is 23.1 Å². The Hall–Kier alpha value is -1.26. The highest BCUT2D eigenvalue weighted by Crippen LogP contribution is 2.28. The fraction of sp³-hybridized carbons (Fsp3) is 0.231. The van der Waals surface area contributed by atoms with E-state index in [-0.39, 0.29) is 5.56 Å². The Morgan fingerprint density at radius 1 is 1.24 bits per heavy atom. The molecule has 0 spiro atoms. The molecule has 1 nitrogen and oxygen atoms in total. The smallest absolute Gasteiger partial charge is 0.126 e. The van der Waals surface area contributed by atoms with Crippen molar-refractivity contribution < 1.29 is 13.9 Å². The summed E-state index contributed by atoms with van der Waals surface area (Å²) >= 11 is 1.51. The van der Waals surface area contributed by atoms with Crippen LogP contribution in [0.25, 0.3) is 0 Å². The lowest BCUT2D eigenvalue weighted by Crippen LogP contribution is -2.24. The normalized spacial score (nSPS) is 14.6. The number of hydrogen-bond acceptors (Lipinski definition) is 2. The number of hydrogen-bond donors (Lipinski definition) is 1. The van der Waals surface area contributed by atoms with Crippen LogP contribution in [0, 0.1) is 11.6 Å². The number of rotatable bonds is 3. The van der Waals surface area contributed by atoms with Crippen molar-refractivity contribution in [2.24, 2.45) is 0 Å². The molecule has 0 saturated carbocycles. The molecule has 1 aromatic carbocycles. The van der Waals surface area contributed by atoms with E-state index in [9.17, 15) is 13.9 Å². The fourth-order valence-corrected chi connectivity index (χ4v) is 2.57. The van der Waals surface area contributed by atoms with Gasteiger partial charge >= 0.3 is 0 Å². The van der Waals surface area contributed by atoms with Gasteiger partial charge in [-0.05, 0) is 36.1 Å². The summed E-state index contributed by atoms with van der Waals surface area (Å²) in [5.41, 5.74) is -1.02. The number of aliphatic hydroxyl groups is 1. The Kier molecular flexibility index (Phi) is 3.26. The third kappa shape index (κ3) is 2.90. The molecule has 2 rings (SSSR count). The van der Waals surface area contributed by atoms with Crippen molar-refractivity contribution in [2.45, 2.75) is 18.9 Å². The fourth-order valence-electron chi connectivity index (χ4n) is 1.72. The van der Waals surface area contributed by atoms with Crippen LogP contribution in [0.15, 0.2) is 35.7 Å². The zero-order valence-electron chi connectivity index (χ0n) is 9.28. The monoisotopic (exact) mass is 254 g/mol. The molecule has 0 amide bonds. The van der Waals surface area contributed by atoms with Crippen molar-refractivity contribution in [3.8, 4) is 0 Å². The summed E-state index contributed by atoms with van der Waals surface area (Å²) in [5, 5.41) is 12.2. The van der Waals surface area contributed by atoms with Crippen molar-refractivity contribution in [1.82, 2.24) is 0 Å². The first-order valence-corrected chi connectivity index (χ1v) is 6.07. The minimum absolute atomic E-state index is 0.253. The lowest BCUT2D eigenvalue weighted by molar-refractivity contribution is 0.0578. The molecule has 0 saturated heterocycles. The van der Waals surface area contributed by atoms with E-state index in [2.05, 4.69) is 0 Å². The Labute approximate surface area is 102 Å². The standard InChI is InChI=1S/C13H12F2OS/c1-13(16,8-12-3-2-4-17-12)9-5-10(14)7-11(15)6-9/h2-7,16H,8H2,1H3. The maximum atomic E-state index is 13.1. The van der Waals surface area contributed by atoms with E-state index in [1.807, 2.05) is 17.5 Å². The largest absolute Gasteiger partial charge is 0.385 e. The summed E-state index contributed by atoms with van der Waals surface area (Å²) in [6.07, 6.45) is 0.341. The van der Waals surface area contributed by atoms with Crippen LogP contribution in [0.2, 0.25) is 0 Å². The summed E-state index contributed by atoms with van der Waals surface area (Å²) in [6, 6.07) is 6.88. The molecule has 0 aliphatic rings. The van der Waals surface area contributed by atoms with Gasteiger partial charge in [0.15, 0.2) is 0 Å². The number of halogens is 2. The molecule has 1 heterocycles. The van der Waals surface area contributed by atoms with E-state index in [0.29, 0.717) is 6.42 Å². The first kappa shape index (κ1) is 12.2. The van der Waals surface area contributed by atoms with Crippen LogP contribution >= 0.6 is 11.3 Å². The van der Waals surface area contributed by atoms with Gasteiger partial charge < -0.3 is 5.11 Å². The SMILES string of the molecule is CC(O)(Cc1cccs1)c1cc(F)cc(F)c1. The summed E-state index contributed by atoms with van der Waals surface area (Å²) in [6.45, 7) is 1.56. The lowest BCUT2D eigenvalue weighted by Gasteiger charge is -2.23. The van der Waals surface area contributed by atoms with Crippen LogP contribution in [-0.4, -0.2) is 5.11 Å². The summed E-state index contributed by atoms with van der Waals surface area (Å²) in [7, 11) is 0. The highest BCUT2D eigenvalue weighted by molar-refractivity contribution is 7.09. The Morgan fingerprint density at radius 3 is 2.41 bits per heavy atom. The quantitative estimate of drug-likeness (QED) is 0.889. The zero-order chi connectivity index (χ0) is 12.5. The van der Waals surface area contributed by atoms with E-state index in [4.69, 9.17) is 0 Å². The number of thiophene rings is 1. The molecular weight excluding hydrogens is 242 g/mol. The van der Waals surface area contributed by atoms with Gasteiger partial charge in [-0.25, -0.2) is 8.78 Å². The van der Waals surface area contributed by atoms with Crippen LogP contribution in [0.5, 0.6) is 0 Å². The number of benzene rings is 1. The molecule has 1 unspecified atom stereocenters. The van der Waals surface area contributed by atoms with E-state index >= 15 is 0 Å². The molecule has 4 heteroatoms. The van der Waals surface area contributed by atoms with Crippen LogP contribution in [0.4, 0.5) is 8.78 Å². The highest BCUT2D eigenvalue weighted by Gasteiger charge is 2.25. The van der Waals surface area contributed by atoms with Gasteiger partial charge in [-0.3, -0.25) is 0 Å². The minimum atomic E-state index is -1.27. The maximum absolute atomic E-state index is 13.1. The third-order valence-electron chi connectivity index (χ3n) is 2.58. The molecule has 2 aromatic rings. The highest BCUT2D eigenvalue weighted by atomic mass is 32.1. The molecule has 0 fully saturated rings. The first-order valence-electron chi connectivity index (χ1n) is 5.19. The van der Waals surface area contributed by atoms with Crippen LogP contribution in [-0.2, 0) is 12.0 Å². The molecule has 1 atom stereocenters. The van der Waals surface area contributed by atoms with Crippen LogP contribution < -0.4 is 0 Å². The molecule has 0 aliphatic carbocycles. The van der Waals surface area contributed by atoms with Gasteiger partial charge in [0, 0.05) is 17.4 Å². The summed E-state index contributed by atoms with van der Waals surface area (Å²) in [5.74, 6) is -1.35. The first-order chi connectivity index (χ1) is 7.97. The van der Waals surface area contributed by atoms with Crippen molar-refractivity contribution in [3.05, 3.63) is 57.8 Å². The Morgan fingerprint density at radius 2 is 1.88 bits per heavy atom. The average molecular weight is 254 g/mol. The van der Waals surface area contributed by atoms with Gasteiger partial charge in [0.1, 0.15) is 11.6 Å². The van der Waals surface area contributed by atoms with E-state index < -0.39 is 17.2 Å². The van der Waals surface area contributed by atoms with E-state index in [1.54, 1.807) is 6.92 Å². The van der Waals surface area contributed by atoms with Gasteiger partial charge in [0.05, 0.1) is 5.60 Å².